The van der Waals surface area contributed by atoms with Crippen molar-refractivity contribution in [3.8, 4) is 0 Å². The maximum absolute atomic E-state index is 12.8. The number of carbonyl (C=O) groups is 1. The maximum Gasteiger partial charge on any atom is 0.416 e. The molecule has 0 bridgehead atoms. The molecule has 0 radical (unpaired) electrons. The standard InChI is InChI=1S/C17H18F3N3O3S/c1-22(2)27(25,26)23(15-9-4-3-5-10-15)12-16(24)21-14-8-6-7-13(11-14)17(18,19)20/h3-11H,12H2,1-2H3,(H,21,24). The van der Waals surface area contributed by atoms with Gasteiger partial charge >= 0.3 is 16.4 Å². The Morgan fingerprint density at radius 3 is 2.22 bits per heavy atom. The highest BCUT2D eigenvalue weighted by Gasteiger charge is 2.31. The second-order valence-electron chi connectivity index (χ2n) is 5.76. The van der Waals surface area contributed by atoms with Gasteiger partial charge in [-0.25, -0.2) is 4.31 Å². The lowest BCUT2D eigenvalue weighted by Gasteiger charge is -2.26. The quantitative estimate of drug-likeness (QED) is 0.809. The second-order valence-corrected chi connectivity index (χ2v) is 7.83. The molecule has 1 N–H and O–H groups in total. The number of hydrogen-bond donors (Lipinski definition) is 1. The zero-order chi connectivity index (χ0) is 20.2. The molecule has 2 aromatic rings. The van der Waals surface area contributed by atoms with Gasteiger partial charge in [-0.15, -0.1) is 0 Å². The van der Waals surface area contributed by atoms with E-state index in [1.165, 1.54) is 32.3 Å². The van der Waals surface area contributed by atoms with Crippen molar-refractivity contribution in [3.63, 3.8) is 0 Å². The maximum atomic E-state index is 12.8. The molecule has 0 aliphatic carbocycles. The lowest BCUT2D eigenvalue weighted by Crippen LogP contribution is -2.44. The van der Waals surface area contributed by atoms with Crippen molar-refractivity contribution in [1.29, 1.82) is 0 Å². The van der Waals surface area contributed by atoms with Crippen molar-refractivity contribution >= 4 is 27.5 Å². The number of benzene rings is 2. The molecule has 0 saturated heterocycles. The number of para-hydroxylation sites is 1. The topological polar surface area (TPSA) is 69.7 Å². The first-order valence-electron chi connectivity index (χ1n) is 7.74. The second kappa shape index (κ2) is 7.97. The fourth-order valence-corrected chi connectivity index (χ4v) is 3.26. The Morgan fingerprint density at radius 2 is 1.67 bits per heavy atom. The van der Waals surface area contributed by atoms with Crippen molar-refractivity contribution in [1.82, 2.24) is 4.31 Å². The zero-order valence-electron chi connectivity index (χ0n) is 14.6. The number of hydrogen-bond acceptors (Lipinski definition) is 3. The van der Waals surface area contributed by atoms with E-state index >= 15 is 0 Å². The van der Waals surface area contributed by atoms with Crippen molar-refractivity contribution in [2.24, 2.45) is 0 Å². The van der Waals surface area contributed by atoms with Gasteiger partial charge in [-0.05, 0) is 30.3 Å². The Kier molecular flexibility index (Phi) is 6.11. The van der Waals surface area contributed by atoms with Gasteiger partial charge in [0.2, 0.25) is 5.91 Å². The van der Waals surface area contributed by atoms with Crippen LogP contribution < -0.4 is 9.62 Å². The fraction of sp³-hybridized carbons (Fsp3) is 0.235. The van der Waals surface area contributed by atoms with E-state index < -0.39 is 34.4 Å². The molecule has 2 rings (SSSR count). The van der Waals surface area contributed by atoms with Crippen LogP contribution in [0.3, 0.4) is 0 Å². The van der Waals surface area contributed by atoms with Crippen molar-refractivity contribution in [2.75, 3.05) is 30.3 Å². The summed E-state index contributed by atoms with van der Waals surface area (Å²) in [6.45, 7) is -0.596. The minimum atomic E-state index is -4.55. The molecule has 2 aromatic carbocycles. The molecule has 0 aliphatic rings. The number of halogens is 3. The van der Waals surface area contributed by atoms with E-state index in [1.54, 1.807) is 18.2 Å². The van der Waals surface area contributed by atoms with Gasteiger partial charge in [0, 0.05) is 19.8 Å². The van der Waals surface area contributed by atoms with Crippen LogP contribution in [0.1, 0.15) is 5.56 Å². The number of carbonyl (C=O) groups excluding carboxylic acids is 1. The molecular weight excluding hydrogens is 383 g/mol. The average Bonchev–Trinajstić information content (AvgIpc) is 2.59. The minimum Gasteiger partial charge on any atom is -0.325 e. The van der Waals surface area contributed by atoms with Crippen LogP contribution >= 0.6 is 0 Å². The molecule has 1 amide bonds. The summed E-state index contributed by atoms with van der Waals surface area (Å²) in [6.07, 6.45) is -4.55. The highest BCUT2D eigenvalue weighted by atomic mass is 32.2. The van der Waals surface area contributed by atoms with Crippen molar-refractivity contribution in [2.45, 2.75) is 6.18 Å². The van der Waals surface area contributed by atoms with Gasteiger partial charge < -0.3 is 5.32 Å². The van der Waals surface area contributed by atoms with E-state index in [0.717, 1.165) is 26.8 Å². The van der Waals surface area contributed by atoms with Crippen molar-refractivity contribution in [3.05, 3.63) is 60.2 Å². The molecule has 0 heterocycles. The molecule has 0 unspecified atom stereocenters. The van der Waals surface area contributed by atoms with Crippen LogP contribution in [0.4, 0.5) is 24.5 Å². The van der Waals surface area contributed by atoms with Crippen LogP contribution in [0.15, 0.2) is 54.6 Å². The van der Waals surface area contributed by atoms with E-state index in [1.807, 2.05) is 0 Å². The Balaban J connectivity index is 2.25. The van der Waals surface area contributed by atoms with Gasteiger partial charge in [-0.2, -0.15) is 25.9 Å². The summed E-state index contributed by atoms with van der Waals surface area (Å²) < 4.78 is 65.2. The molecule has 0 spiro atoms. The van der Waals surface area contributed by atoms with Crippen LogP contribution in [-0.2, 0) is 21.2 Å². The van der Waals surface area contributed by atoms with Gasteiger partial charge in [0.25, 0.3) is 0 Å². The molecule has 27 heavy (non-hydrogen) atoms. The first-order valence-corrected chi connectivity index (χ1v) is 9.14. The van der Waals surface area contributed by atoms with Gasteiger partial charge in [-0.3, -0.25) is 4.79 Å². The third-order valence-electron chi connectivity index (χ3n) is 3.54. The molecule has 0 aromatic heterocycles. The molecular formula is C17H18F3N3O3S. The number of nitrogens with zero attached hydrogens (tertiary/aromatic N) is 2. The highest BCUT2D eigenvalue weighted by Crippen LogP contribution is 2.30. The molecule has 0 aliphatic heterocycles. The number of rotatable bonds is 6. The van der Waals surface area contributed by atoms with E-state index in [2.05, 4.69) is 5.32 Å². The van der Waals surface area contributed by atoms with Crippen LogP contribution in [0.25, 0.3) is 0 Å². The Labute approximate surface area is 155 Å². The van der Waals surface area contributed by atoms with Gasteiger partial charge in [0.15, 0.2) is 0 Å². The summed E-state index contributed by atoms with van der Waals surface area (Å²) in [5.74, 6) is -0.774. The minimum absolute atomic E-state index is 0.0786. The summed E-state index contributed by atoms with van der Waals surface area (Å²) in [7, 11) is -1.35. The van der Waals surface area contributed by atoms with Gasteiger partial charge in [0.1, 0.15) is 6.54 Å². The first-order chi connectivity index (χ1) is 12.5. The van der Waals surface area contributed by atoms with E-state index in [-0.39, 0.29) is 11.4 Å². The summed E-state index contributed by atoms with van der Waals surface area (Å²) in [5, 5.41) is 2.30. The Bertz CT molecular complexity index is 900. The van der Waals surface area contributed by atoms with Gasteiger partial charge in [-0.1, -0.05) is 24.3 Å². The van der Waals surface area contributed by atoms with E-state index in [9.17, 15) is 26.4 Å². The smallest absolute Gasteiger partial charge is 0.325 e. The molecule has 0 fully saturated rings. The monoisotopic (exact) mass is 401 g/mol. The third-order valence-corrected chi connectivity index (χ3v) is 5.36. The van der Waals surface area contributed by atoms with Crippen LogP contribution in [-0.4, -0.2) is 39.3 Å². The molecule has 146 valence electrons. The molecule has 10 heteroatoms. The normalized spacial score (nSPS) is 12.1. The Morgan fingerprint density at radius 1 is 1.04 bits per heavy atom. The number of nitrogens with one attached hydrogen (secondary N) is 1. The summed E-state index contributed by atoms with van der Waals surface area (Å²) >= 11 is 0. The molecule has 0 saturated carbocycles. The van der Waals surface area contributed by atoms with E-state index in [0.29, 0.717) is 0 Å². The average molecular weight is 401 g/mol. The van der Waals surface area contributed by atoms with Crippen molar-refractivity contribution < 1.29 is 26.4 Å². The van der Waals surface area contributed by atoms with Crippen LogP contribution in [0.2, 0.25) is 0 Å². The number of anilines is 2. The SMILES string of the molecule is CN(C)S(=O)(=O)N(CC(=O)Nc1cccc(C(F)(F)F)c1)c1ccccc1. The molecule has 6 nitrogen and oxygen atoms in total. The zero-order valence-corrected chi connectivity index (χ0v) is 15.4. The van der Waals surface area contributed by atoms with Crippen LogP contribution in [0, 0.1) is 0 Å². The number of amides is 1. The third kappa shape index (κ3) is 5.20. The predicted molar refractivity (Wildman–Crippen MR) is 96.5 cm³/mol. The largest absolute Gasteiger partial charge is 0.416 e. The predicted octanol–water partition coefficient (Wildman–Crippen LogP) is 2.96. The van der Waals surface area contributed by atoms with E-state index in [4.69, 9.17) is 0 Å². The lowest BCUT2D eigenvalue weighted by atomic mass is 10.2. The lowest BCUT2D eigenvalue weighted by molar-refractivity contribution is -0.137. The Hall–Kier alpha value is -2.59. The van der Waals surface area contributed by atoms with Crippen LogP contribution in [0.5, 0.6) is 0 Å². The summed E-state index contributed by atoms with van der Waals surface area (Å²) in [5.41, 5.74) is -0.739. The number of alkyl halides is 3. The fourth-order valence-electron chi connectivity index (χ4n) is 2.20. The first kappa shape index (κ1) is 20.7. The molecule has 0 atom stereocenters. The summed E-state index contributed by atoms with van der Waals surface area (Å²) in [6, 6.07) is 12.0. The van der Waals surface area contributed by atoms with Gasteiger partial charge in [0.05, 0.1) is 11.3 Å². The highest BCUT2D eigenvalue weighted by molar-refractivity contribution is 7.90. The summed E-state index contributed by atoms with van der Waals surface area (Å²) in [4.78, 5) is 12.3.